The van der Waals surface area contributed by atoms with Gasteiger partial charge in [0.25, 0.3) is 0 Å². The lowest BCUT2D eigenvalue weighted by Gasteiger charge is -2.00. The van der Waals surface area contributed by atoms with Gasteiger partial charge >= 0.3 is 0 Å². The van der Waals surface area contributed by atoms with Crippen LogP contribution < -0.4 is 0 Å². The van der Waals surface area contributed by atoms with Crippen LogP contribution in [0.15, 0.2) is 29.4 Å². The van der Waals surface area contributed by atoms with E-state index in [4.69, 9.17) is 5.53 Å². The summed E-state index contributed by atoms with van der Waals surface area (Å²) >= 11 is 0. The van der Waals surface area contributed by atoms with Crippen molar-refractivity contribution in [1.82, 2.24) is 0 Å². The van der Waals surface area contributed by atoms with Crippen LogP contribution in [0.5, 0.6) is 5.75 Å². The van der Waals surface area contributed by atoms with Gasteiger partial charge in [0, 0.05) is 17.0 Å². The van der Waals surface area contributed by atoms with E-state index in [1.807, 2.05) is 0 Å². The molecule has 82 valence electrons. The number of azide groups is 1. The molecule has 5 nitrogen and oxygen atoms in total. The quantitative estimate of drug-likeness (QED) is 0.270. The number of benzene rings is 1. The van der Waals surface area contributed by atoms with Crippen molar-refractivity contribution in [2.75, 3.05) is 6.54 Å². The Bertz CT molecular complexity index is 449. The van der Waals surface area contributed by atoms with Crippen LogP contribution in [0.2, 0.25) is 0 Å². The number of rotatable bonds is 5. The van der Waals surface area contributed by atoms with E-state index in [2.05, 4.69) is 10.0 Å². The number of para-hydroxylation sites is 1. The Morgan fingerprint density at radius 3 is 2.88 bits per heavy atom. The highest BCUT2D eigenvalue weighted by molar-refractivity contribution is 5.82. The van der Waals surface area contributed by atoms with Gasteiger partial charge in [-0.15, -0.1) is 0 Å². The topological polar surface area (TPSA) is 86.1 Å². The molecular formula is C11H11N3O2. The fourth-order valence-corrected chi connectivity index (χ4v) is 1.20. The second kappa shape index (κ2) is 6.27. The number of aldehydes is 1. The van der Waals surface area contributed by atoms with E-state index in [0.717, 1.165) is 0 Å². The van der Waals surface area contributed by atoms with Crippen molar-refractivity contribution in [3.63, 3.8) is 0 Å². The number of phenols is 1. The van der Waals surface area contributed by atoms with Crippen LogP contribution in [0.1, 0.15) is 22.3 Å². The van der Waals surface area contributed by atoms with Crippen molar-refractivity contribution < 1.29 is 9.90 Å². The summed E-state index contributed by atoms with van der Waals surface area (Å²) in [6, 6.07) is 4.93. The lowest BCUT2D eigenvalue weighted by Crippen LogP contribution is -1.83. The maximum atomic E-state index is 10.6. The van der Waals surface area contributed by atoms with Crippen LogP contribution in [0.4, 0.5) is 0 Å². The highest BCUT2D eigenvalue weighted by Crippen LogP contribution is 2.22. The monoisotopic (exact) mass is 217 g/mol. The molecule has 0 spiro atoms. The van der Waals surface area contributed by atoms with E-state index >= 15 is 0 Å². The molecule has 0 bridgehead atoms. The molecule has 1 aromatic carbocycles. The molecule has 0 heterocycles. The van der Waals surface area contributed by atoms with E-state index in [1.165, 1.54) is 0 Å². The molecule has 0 aromatic heterocycles. The number of hydrogen-bond donors (Lipinski definition) is 1. The molecule has 16 heavy (non-hydrogen) atoms. The normalized spacial score (nSPS) is 10.0. The molecule has 0 fully saturated rings. The molecule has 5 heteroatoms. The SMILES string of the molecule is [N-]=[N+]=NCCC=Cc1cccc(C=O)c1O. The largest absolute Gasteiger partial charge is 0.507 e. The van der Waals surface area contributed by atoms with Gasteiger partial charge in [-0.3, -0.25) is 4.79 Å². The highest BCUT2D eigenvalue weighted by atomic mass is 16.3. The van der Waals surface area contributed by atoms with E-state index in [-0.39, 0.29) is 11.3 Å². The standard InChI is InChI=1S/C11H11N3O2/c12-14-13-7-2-1-4-9-5-3-6-10(8-15)11(9)16/h1,3-6,8,16H,2,7H2. The minimum Gasteiger partial charge on any atom is -0.507 e. The lowest BCUT2D eigenvalue weighted by atomic mass is 10.1. The Morgan fingerprint density at radius 2 is 2.19 bits per heavy atom. The van der Waals surface area contributed by atoms with Gasteiger partial charge in [-0.05, 0) is 18.0 Å². The zero-order chi connectivity index (χ0) is 11.8. The number of carbonyl (C=O) groups is 1. The van der Waals surface area contributed by atoms with Crippen LogP contribution in [0.25, 0.3) is 16.5 Å². The molecule has 1 aromatic rings. The first kappa shape index (κ1) is 11.8. The van der Waals surface area contributed by atoms with Gasteiger partial charge < -0.3 is 5.11 Å². The maximum Gasteiger partial charge on any atom is 0.153 e. The Balaban J connectivity index is 2.73. The first-order valence-electron chi connectivity index (χ1n) is 4.74. The fourth-order valence-electron chi connectivity index (χ4n) is 1.20. The Morgan fingerprint density at radius 1 is 1.44 bits per heavy atom. The van der Waals surface area contributed by atoms with E-state index < -0.39 is 0 Å². The molecule has 0 aliphatic heterocycles. The van der Waals surface area contributed by atoms with Gasteiger partial charge in [-0.2, -0.15) is 0 Å². The second-order valence-corrected chi connectivity index (χ2v) is 3.05. The van der Waals surface area contributed by atoms with Crippen LogP contribution >= 0.6 is 0 Å². The third-order valence-electron chi connectivity index (χ3n) is 1.98. The second-order valence-electron chi connectivity index (χ2n) is 3.05. The number of phenolic OH excluding ortho intramolecular Hbond substituents is 1. The number of hydrogen-bond acceptors (Lipinski definition) is 3. The van der Waals surface area contributed by atoms with Crippen molar-refractivity contribution in [1.29, 1.82) is 0 Å². The minimum atomic E-state index is -0.0301. The number of carbonyl (C=O) groups excluding carboxylic acids is 1. The summed E-state index contributed by atoms with van der Waals surface area (Å²) in [5, 5.41) is 13.0. The predicted molar refractivity (Wildman–Crippen MR) is 61.2 cm³/mol. The first-order chi connectivity index (χ1) is 7.79. The van der Waals surface area contributed by atoms with Crippen LogP contribution in [-0.4, -0.2) is 17.9 Å². The molecule has 0 atom stereocenters. The van der Waals surface area contributed by atoms with Crippen LogP contribution in [-0.2, 0) is 0 Å². The predicted octanol–water partition coefficient (Wildman–Crippen LogP) is 2.92. The van der Waals surface area contributed by atoms with Gasteiger partial charge in [-0.25, -0.2) is 0 Å². The molecule has 0 aliphatic carbocycles. The van der Waals surface area contributed by atoms with Gasteiger partial charge in [-0.1, -0.05) is 29.4 Å². The number of aromatic hydroxyl groups is 1. The Hall–Kier alpha value is -2.26. The molecular weight excluding hydrogens is 206 g/mol. The van der Waals surface area contributed by atoms with Crippen LogP contribution in [0.3, 0.4) is 0 Å². The summed E-state index contributed by atoms with van der Waals surface area (Å²) in [7, 11) is 0. The molecule has 0 amide bonds. The van der Waals surface area contributed by atoms with Crippen molar-refractivity contribution >= 4 is 12.4 Å². The lowest BCUT2D eigenvalue weighted by molar-refractivity contribution is 0.112. The van der Waals surface area contributed by atoms with Gasteiger partial charge in [0.15, 0.2) is 6.29 Å². The fraction of sp³-hybridized carbons (Fsp3) is 0.182. The molecule has 0 aliphatic rings. The average molecular weight is 217 g/mol. The van der Waals surface area contributed by atoms with Crippen molar-refractivity contribution in [2.24, 2.45) is 5.11 Å². The minimum absolute atomic E-state index is 0.0301. The van der Waals surface area contributed by atoms with Crippen molar-refractivity contribution in [2.45, 2.75) is 6.42 Å². The van der Waals surface area contributed by atoms with Crippen molar-refractivity contribution in [3.8, 4) is 5.75 Å². The third-order valence-corrected chi connectivity index (χ3v) is 1.98. The van der Waals surface area contributed by atoms with E-state index in [0.29, 0.717) is 24.8 Å². The summed E-state index contributed by atoms with van der Waals surface area (Å²) in [6.45, 7) is 0.376. The van der Waals surface area contributed by atoms with Crippen molar-refractivity contribution in [3.05, 3.63) is 45.8 Å². The summed E-state index contributed by atoms with van der Waals surface area (Å²) in [4.78, 5) is 13.2. The molecule has 0 saturated carbocycles. The molecule has 1 N–H and O–H groups in total. The van der Waals surface area contributed by atoms with E-state index in [9.17, 15) is 9.90 Å². The molecule has 1 rings (SSSR count). The zero-order valence-corrected chi connectivity index (χ0v) is 8.58. The van der Waals surface area contributed by atoms with Gasteiger partial charge in [0.05, 0.1) is 5.56 Å². The highest BCUT2D eigenvalue weighted by Gasteiger charge is 2.02. The summed E-state index contributed by atoms with van der Waals surface area (Å²) in [6.07, 6.45) is 4.66. The summed E-state index contributed by atoms with van der Waals surface area (Å²) < 4.78 is 0. The van der Waals surface area contributed by atoms with Gasteiger partial charge in [0.1, 0.15) is 5.75 Å². The third kappa shape index (κ3) is 3.15. The first-order valence-corrected chi connectivity index (χ1v) is 4.74. The van der Waals surface area contributed by atoms with Crippen LogP contribution in [0, 0.1) is 0 Å². The number of nitrogens with zero attached hydrogens (tertiary/aromatic N) is 3. The smallest absolute Gasteiger partial charge is 0.153 e. The zero-order valence-electron chi connectivity index (χ0n) is 8.58. The Kier molecular flexibility index (Phi) is 4.63. The average Bonchev–Trinajstić information content (AvgIpc) is 2.31. The maximum absolute atomic E-state index is 10.6. The Labute approximate surface area is 92.7 Å². The molecule has 0 saturated heterocycles. The molecule has 0 unspecified atom stereocenters. The van der Waals surface area contributed by atoms with E-state index in [1.54, 1.807) is 30.4 Å². The summed E-state index contributed by atoms with van der Waals surface area (Å²) in [5.41, 5.74) is 8.89. The molecule has 0 radical (unpaired) electrons. The summed E-state index contributed by atoms with van der Waals surface area (Å²) in [5.74, 6) is -0.0301. The van der Waals surface area contributed by atoms with Gasteiger partial charge in [0.2, 0.25) is 0 Å².